The van der Waals surface area contributed by atoms with Gasteiger partial charge in [-0.25, -0.2) is 9.97 Å². The number of hydrogen-bond donors (Lipinski definition) is 1. The molecule has 0 bridgehead atoms. The summed E-state index contributed by atoms with van der Waals surface area (Å²) < 4.78 is 1.05. The fraction of sp³-hybridized carbons (Fsp3) is 0.167. The van der Waals surface area contributed by atoms with E-state index in [1.807, 2.05) is 36.7 Å². The van der Waals surface area contributed by atoms with E-state index in [9.17, 15) is 0 Å². The van der Waals surface area contributed by atoms with Crippen molar-refractivity contribution < 1.29 is 0 Å². The van der Waals surface area contributed by atoms with Crippen LogP contribution in [-0.2, 0) is 6.42 Å². The van der Waals surface area contributed by atoms with Crippen LogP contribution in [0.4, 0.5) is 0 Å². The summed E-state index contributed by atoms with van der Waals surface area (Å²) in [6.07, 6.45) is 4.39. The Balaban J connectivity index is 0.00000144. The Morgan fingerprint density at radius 3 is 2.41 bits per heavy atom. The molecule has 0 spiro atoms. The molecule has 0 aliphatic carbocycles. The molecule has 3 nitrogen and oxygen atoms in total. The van der Waals surface area contributed by atoms with Crippen molar-refractivity contribution in [2.24, 2.45) is 5.73 Å². The van der Waals surface area contributed by atoms with Gasteiger partial charge in [0.1, 0.15) is 5.82 Å². The monoisotopic (exact) mass is 313 g/mol. The standard InChI is InChI=1S/C12H12BrN3.ClH/c13-11-3-1-2-9(6-11)10-7-15-12(4-5-14)16-8-10;/h1-3,6-8H,4-5,14H2;1H. The lowest BCUT2D eigenvalue weighted by atomic mass is 10.1. The van der Waals surface area contributed by atoms with Crippen molar-refractivity contribution in [3.8, 4) is 11.1 Å². The number of nitrogens with zero attached hydrogens (tertiary/aromatic N) is 2. The number of benzene rings is 1. The molecule has 0 aliphatic rings. The predicted octanol–water partition coefficient (Wildman–Crippen LogP) is 2.83. The second-order valence-electron chi connectivity index (χ2n) is 3.44. The fourth-order valence-corrected chi connectivity index (χ4v) is 1.83. The summed E-state index contributed by atoms with van der Waals surface area (Å²) in [5.41, 5.74) is 7.56. The molecule has 0 saturated heterocycles. The third-order valence-electron chi connectivity index (χ3n) is 2.23. The normalized spacial score (nSPS) is 9.76. The number of halogens is 2. The van der Waals surface area contributed by atoms with Gasteiger partial charge >= 0.3 is 0 Å². The van der Waals surface area contributed by atoms with Gasteiger partial charge in [-0.1, -0.05) is 28.1 Å². The van der Waals surface area contributed by atoms with Crippen LogP contribution in [0, 0.1) is 0 Å². The van der Waals surface area contributed by atoms with Crippen LogP contribution in [-0.4, -0.2) is 16.5 Å². The zero-order valence-electron chi connectivity index (χ0n) is 9.14. The lowest BCUT2D eigenvalue weighted by Gasteiger charge is -2.02. The maximum absolute atomic E-state index is 5.44. The van der Waals surface area contributed by atoms with Crippen LogP contribution in [0.15, 0.2) is 41.1 Å². The van der Waals surface area contributed by atoms with Gasteiger partial charge in [-0.15, -0.1) is 12.4 Å². The van der Waals surface area contributed by atoms with Crippen molar-refractivity contribution >= 4 is 28.3 Å². The second kappa shape index (κ2) is 6.69. The molecule has 0 unspecified atom stereocenters. The van der Waals surface area contributed by atoms with E-state index in [1.54, 1.807) is 0 Å². The molecule has 1 aromatic carbocycles. The molecular formula is C12H13BrClN3. The lowest BCUT2D eigenvalue weighted by molar-refractivity contribution is 0.868. The zero-order chi connectivity index (χ0) is 11.4. The van der Waals surface area contributed by atoms with Crippen LogP contribution in [0.2, 0.25) is 0 Å². The van der Waals surface area contributed by atoms with Gasteiger partial charge in [0.2, 0.25) is 0 Å². The summed E-state index contributed by atoms with van der Waals surface area (Å²) in [7, 11) is 0. The quantitative estimate of drug-likeness (QED) is 0.948. The van der Waals surface area contributed by atoms with Gasteiger partial charge in [-0.2, -0.15) is 0 Å². The SMILES string of the molecule is Cl.NCCc1ncc(-c2cccc(Br)c2)cn1. The van der Waals surface area contributed by atoms with Crippen LogP contribution >= 0.6 is 28.3 Å². The summed E-state index contributed by atoms with van der Waals surface area (Å²) in [5, 5.41) is 0. The third kappa shape index (κ3) is 3.77. The molecule has 17 heavy (non-hydrogen) atoms. The van der Waals surface area contributed by atoms with Crippen LogP contribution in [0.1, 0.15) is 5.82 Å². The van der Waals surface area contributed by atoms with E-state index in [4.69, 9.17) is 5.73 Å². The van der Waals surface area contributed by atoms with Crippen molar-refractivity contribution in [1.29, 1.82) is 0 Å². The van der Waals surface area contributed by atoms with E-state index in [2.05, 4.69) is 25.9 Å². The van der Waals surface area contributed by atoms with E-state index in [0.29, 0.717) is 6.54 Å². The van der Waals surface area contributed by atoms with Crippen molar-refractivity contribution in [1.82, 2.24) is 9.97 Å². The van der Waals surface area contributed by atoms with E-state index >= 15 is 0 Å². The zero-order valence-corrected chi connectivity index (χ0v) is 11.5. The molecule has 1 aromatic heterocycles. The van der Waals surface area contributed by atoms with Gasteiger partial charge in [0.25, 0.3) is 0 Å². The number of nitrogens with two attached hydrogens (primary N) is 1. The Bertz CT molecular complexity index is 473. The number of hydrogen-bond acceptors (Lipinski definition) is 3. The van der Waals surface area contributed by atoms with Gasteiger partial charge in [0, 0.05) is 28.9 Å². The minimum Gasteiger partial charge on any atom is -0.330 e. The molecule has 2 rings (SSSR count). The van der Waals surface area contributed by atoms with Crippen molar-refractivity contribution in [3.05, 3.63) is 47.0 Å². The van der Waals surface area contributed by atoms with Gasteiger partial charge in [-0.3, -0.25) is 0 Å². The number of rotatable bonds is 3. The minimum absolute atomic E-state index is 0. The number of aromatic nitrogens is 2. The van der Waals surface area contributed by atoms with Gasteiger partial charge in [-0.05, 0) is 24.2 Å². The van der Waals surface area contributed by atoms with Gasteiger partial charge in [0.05, 0.1) is 0 Å². The largest absolute Gasteiger partial charge is 0.330 e. The highest BCUT2D eigenvalue weighted by atomic mass is 79.9. The highest BCUT2D eigenvalue weighted by Crippen LogP contribution is 2.21. The average molecular weight is 315 g/mol. The second-order valence-corrected chi connectivity index (χ2v) is 4.35. The molecule has 90 valence electrons. The van der Waals surface area contributed by atoms with Crippen LogP contribution in [0.3, 0.4) is 0 Å². The van der Waals surface area contributed by atoms with Crippen LogP contribution in [0.5, 0.6) is 0 Å². The molecule has 1 heterocycles. The van der Waals surface area contributed by atoms with E-state index in [0.717, 1.165) is 27.8 Å². The molecule has 0 saturated carbocycles. The molecule has 0 radical (unpaired) electrons. The Morgan fingerprint density at radius 1 is 1.12 bits per heavy atom. The molecule has 0 aliphatic heterocycles. The highest BCUT2D eigenvalue weighted by molar-refractivity contribution is 9.10. The smallest absolute Gasteiger partial charge is 0.129 e. The van der Waals surface area contributed by atoms with E-state index in [-0.39, 0.29) is 12.4 Å². The lowest BCUT2D eigenvalue weighted by Crippen LogP contribution is -2.06. The predicted molar refractivity (Wildman–Crippen MR) is 75.2 cm³/mol. The van der Waals surface area contributed by atoms with Crippen LogP contribution < -0.4 is 5.73 Å². The molecule has 0 amide bonds. The Hall–Kier alpha value is -0.970. The molecular weight excluding hydrogens is 302 g/mol. The summed E-state index contributed by atoms with van der Waals surface area (Å²) in [6, 6.07) is 8.06. The first-order valence-corrected chi connectivity index (χ1v) is 5.86. The minimum atomic E-state index is 0. The maximum Gasteiger partial charge on any atom is 0.129 e. The topological polar surface area (TPSA) is 51.8 Å². The van der Waals surface area contributed by atoms with E-state index in [1.165, 1.54) is 0 Å². The average Bonchev–Trinajstić information content (AvgIpc) is 2.30. The summed E-state index contributed by atoms with van der Waals surface area (Å²) >= 11 is 3.44. The molecule has 0 fully saturated rings. The van der Waals surface area contributed by atoms with Crippen molar-refractivity contribution in [2.75, 3.05) is 6.54 Å². The first kappa shape index (κ1) is 14.1. The highest BCUT2D eigenvalue weighted by Gasteiger charge is 2.00. The van der Waals surface area contributed by atoms with Gasteiger partial charge < -0.3 is 5.73 Å². The molecule has 2 N–H and O–H groups in total. The molecule has 5 heteroatoms. The molecule has 2 aromatic rings. The first-order valence-electron chi connectivity index (χ1n) is 5.06. The Kier molecular flexibility index (Phi) is 5.55. The Morgan fingerprint density at radius 2 is 1.82 bits per heavy atom. The fourth-order valence-electron chi connectivity index (χ4n) is 1.43. The Labute approximate surface area is 115 Å². The van der Waals surface area contributed by atoms with Crippen LogP contribution in [0.25, 0.3) is 11.1 Å². The van der Waals surface area contributed by atoms with Crippen molar-refractivity contribution in [2.45, 2.75) is 6.42 Å². The maximum atomic E-state index is 5.44. The summed E-state index contributed by atoms with van der Waals surface area (Å²) in [6.45, 7) is 0.580. The molecule has 0 atom stereocenters. The third-order valence-corrected chi connectivity index (χ3v) is 2.72. The van der Waals surface area contributed by atoms with Gasteiger partial charge in [0.15, 0.2) is 0 Å². The summed E-state index contributed by atoms with van der Waals surface area (Å²) in [4.78, 5) is 8.54. The first-order chi connectivity index (χ1) is 7.79. The van der Waals surface area contributed by atoms with Crippen molar-refractivity contribution in [3.63, 3.8) is 0 Å². The van der Waals surface area contributed by atoms with E-state index < -0.39 is 0 Å². The summed E-state index contributed by atoms with van der Waals surface area (Å²) in [5.74, 6) is 0.793.